The van der Waals surface area contributed by atoms with E-state index in [9.17, 15) is 0 Å². The van der Waals surface area contributed by atoms with E-state index in [1.807, 2.05) is 62.3 Å². The fourth-order valence-corrected chi connectivity index (χ4v) is 21.7. The van der Waals surface area contributed by atoms with Crippen LogP contribution < -0.4 is 0 Å². The summed E-state index contributed by atoms with van der Waals surface area (Å²) in [6.07, 6.45) is 5.35. The molecule has 0 heterocycles. The molecule has 10 nitrogen and oxygen atoms in total. The van der Waals surface area contributed by atoms with Crippen molar-refractivity contribution in [2.45, 2.75) is 288 Å². The Bertz CT molecular complexity index is 979. The van der Waals surface area contributed by atoms with Gasteiger partial charge in [-0.1, -0.05) is 34.6 Å². The predicted octanol–water partition coefficient (Wildman–Crippen LogP) is 12.6. The summed E-state index contributed by atoms with van der Waals surface area (Å²) in [4.78, 5) is 0. The average molecular weight is 900 g/mol. The van der Waals surface area contributed by atoms with Gasteiger partial charge in [-0.25, -0.2) is 0 Å². The van der Waals surface area contributed by atoms with Crippen molar-refractivity contribution < 1.29 is 44.9 Å². The first kappa shape index (κ1) is 60.6. The Morgan fingerprint density at radius 2 is 0.655 bits per heavy atom. The van der Waals surface area contributed by atoms with E-state index in [2.05, 4.69) is 117 Å². The van der Waals surface area contributed by atoms with Gasteiger partial charge < -0.3 is 44.9 Å². The Balaban J connectivity index is 0. The van der Waals surface area contributed by atoms with Gasteiger partial charge in [0, 0.05) is 24.0 Å². The monoisotopic (exact) mass is 899 g/mol. The molecule has 0 aliphatic rings. The van der Waals surface area contributed by atoms with E-state index in [0.717, 1.165) is 37.8 Å². The SMILES string of the molecule is CC(C)(C)O[Si](C)(C[Si](OC(C)(C)C)(OC(C)(C)C)OC(C)(C)C)OC(C)(C)C.CCC(C)OC(OC(C)CC)[Si]C[Si](OC(C)CC)(OC(C)CC)OC(C)CC. The smallest absolute Gasteiger partial charge is 0.389 e. The maximum absolute atomic E-state index is 6.67. The van der Waals surface area contributed by atoms with Crippen LogP contribution in [0.4, 0.5) is 0 Å². The van der Waals surface area contributed by atoms with Crippen molar-refractivity contribution in [1.82, 2.24) is 0 Å². The second-order valence-corrected chi connectivity index (χ2v) is 31.6. The molecule has 14 heteroatoms. The second-order valence-electron chi connectivity index (χ2n) is 21.2. The van der Waals surface area contributed by atoms with Gasteiger partial charge in [0.1, 0.15) is 15.4 Å². The van der Waals surface area contributed by atoms with Gasteiger partial charge in [0.15, 0.2) is 0 Å². The third-order valence-corrected chi connectivity index (χ3v) is 22.8. The van der Waals surface area contributed by atoms with Gasteiger partial charge in [0.05, 0.1) is 45.9 Å². The fourth-order valence-electron chi connectivity index (χ4n) is 5.68. The maximum Gasteiger partial charge on any atom is 0.504 e. The Labute approximate surface area is 366 Å². The van der Waals surface area contributed by atoms with Crippen molar-refractivity contribution in [2.24, 2.45) is 0 Å². The maximum atomic E-state index is 6.67. The minimum Gasteiger partial charge on any atom is -0.389 e. The minimum absolute atomic E-state index is 0.101. The zero-order chi connectivity index (χ0) is 46.2. The lowest BCUT2D eigenvalue weighted by Gasteiger charge is -2.47. The van der Waals surface area contributed by atoms with Gasteiger partial charge in [0.2, 0.25) is 0 Å². The van der Waals surface area contributed by atoms with E-state index in [4.69, 9.17) is 44.9 Å². The molecule has 0 rings (SSSR count). The third kappa shape index (κ3) is 30.5. The number of rotatable bonds is 25. The number of hydrogen-bond acceptors (Lipinski definition) is 10. The summed E-state index contributed by atoms with van der Waals surface area (Å²) in [7, 11) is -8.46. The molecule has 350 valence electrons. The zero-order valence-corrected chi connectivity index (χ0v) is 47.0. The van der Waals surface area contributed by atoms with Crippen LogP contribution in [0.1, 0.15) is 205 Å². The molecule has 0 fully saturated rings. The number of ether oxygens (including phenoxy) is 2. The van der Waals surface area contributed by atoms with E-state index in [1.54, 1.807) is 0 Å². The molecule has 5 atom stereocenters. The largest absolute Gasteiger partial charge is 0.504 e. The summed E-state index contributed by atoms with van der Waals surface area (Å²) in [6.45, 7) is 54.1. The summed E-state index contributed by atoms with van der Waals surface area (Å²) in [5.74, 6) is -0.242. The predicted molar refractivity (Wildman–Crippen MR) is 251 cm³/mol. The summed E-state index contributed by atoms with van der Waals surface area (Å²) in [6, 6.07) is 0. The molecular formula is C44H98O10Si4. The van der Waals surface area contributed by atoms with Crippen LogP contribution in [0.25, 0.3) is 0 Å². The lowest BCUT2D eigenvalue weighted by molar-refractivity contribution is -0.143. The molecule has 0 aromatic carbocycles. The lowest BCUT2D eigenvalue weighted by Crippen LogP contribution is -2.63. The zero-order valence-electron chi connectivity index (χ0n) is 43.0. The molecule has 0 aliphatic heterocycles. The molecule has 58 heavy (non-hydrogen) atoms. The molecule has 0 N–H and O–H groups in total. The third-order valence-electron chi connectivity index (χ3n) is 8.18. The Hall–Kier alpha value is 0.468. The molecule has 0 saturated carbocycles. The van der Waals surface area contributed by atoms with Crippen molar-refractivity contribution in [2.75, 3.05) is 0 Å². The van der Waals surface area contributed by atoms with Crippen molar-refractivity contribution in [3.05, 3.63) is 0 Å². The Kier molecular flexibility index (Phi) is 26.8. The van der Waals surface area contributed by atoms with Crippen molar-refractivity contribution in [3.63, 3.8) is 0 Å². The molecular weight excluding hydrogens is 801 g/mol. The van der Waals surface area contributed by atoms with Crippen LogP contribution in [0.15, 0.2) is 0 Å². The van der Waals surface area contributed by atoms with Gasteiger partial charge in [-0.15, -0.1) is 0 Å². The van der Waals surface area contributed by atoms with Gasteiger partial charge >= 0.3 is 26.2 Å². The number of hydrogen-bond donors (Lipinski definition) is 0. The molecule has 0 aromatic heterocycles. The summed E-state index contributed by atoms with van der Waals surface area (Å²) < 4.78 is 65.3. The van der Waals surface area contributed by atoms with Crippen LogP contribution in [0, 0.1) is 0 Å². The Morgan fingerprint density at radius 3 is 0.879 bits per heavy atom. The van der Waals surface area contributed by atoms with Gasteiger partial charge in [-0.2, -0.15) is 0 Å². The molecule has 0 spiro atoms. The highest BCUT2D eigenvalue weighted by atomic mass is 28.4. The summed E-state index contributed by atoms with van der Waals surface area (Å²) in [5.41, 5.74) is -0.747. The molecule has 0 aromatic rings. The molecule has 0 amide bonds. The van der Waals surface area contributed by atoms with E-state index < -0.39 is 43.0 Å². The quantitative estimate of drug-likeness (QED) is 0.0651. The first-order valence-corrected chi connectivity index (χ1v) is 30.1. The standard InChI is InChI=1S/C22H50O5Si2.C22H48O5Si2/c1-18(2,3)23-28(16,24-19(4,5)6)17-29(25-20(7,8)9,26-21(10,11)12)27-22(13,14)15;1-11-17(6)23-22(24-18(7)12-2)28-16-29(25-19(8)13-3,26-20(9)14-4)27-21(10)15-5/h17H2,1-16H3;17-22H,11-16H2,1-10H3. The first-order chi connectivity index (χ1) is 25.9. The minimum atomic E-state index is -3.23. The lowest BCUT2D eigenvalue weighted by atomic mass is 10.2. The normalized spacial score (nSPS) is 18.1. The highest BCUT2D eigenvalue weighted by Gasteiger charge is 2.58. The fraction of sp³-hybridized carbons (Fsp3) is 1.00. The Morgan fingerprint density at radius 1 is 0.397 bits per heavy atom. The molecule has 0 aliphatic carbocycles. The van der Waals surface area contributed by atoms with Crippen molar-refractivity contribution in [3.8, 4) is 0 Å². The molecule has 0 saturated heterocycles. The average Bonchev–Trinajstić information content (AvgIpc) is 2.98. The summed E-state index contributed by atoms with van der Waals surface area (Å²) >= 11 is 0. The van der Waals surface area contributed by atoms with Gasteiger partial charge in [0.25, 0.3) is 0 Å². The second kappa shape index (κ2) is 25.7. The van der Waals surface area contributed by atoms with Crippen LogP contribution in [0.2, 0.25) is 17.9 Å². The highest BCUT2D eigenvalue weighted by molar-refractivity contribution is 6.83. The first-order valence-electron chi connectivity index (χ1n) is 22.5. The van der Waals surface area contributed by atoms with Crippen LogP contribution in [0.5, 0.6) is 0 Å². The van der Waals surface area contributed by atoms with E-state index in [-0.39, 0.29) is 47.6 Å². The van der Waals surface area contributed by atoms with Crippen LogP contribution in [-0.2, 0) is 44.9 Å². The van der Waals surface area contributed by atoms with Crippen molar-refractivity contribution >= 4 is 35.7 Å². The van der Waals surface area contributed by atoms with E-state index in [0.29, 0.717) is 15.2 Å². The van der Waals surface area contributed by atoms with Crippen LogP contribution >= 0.6 is 0 Å². The van der Waals surface area contributed by atoms with Crippen molar-refractivity contribution in [1.29, 1.82) is 0 Å². The van der Waals surface area contributed by atoms with Gasteiger partial charge in [-0.05, 0) is 177 Å². The molecule has 0 bridgehead atoms. The highest BCUT2D eigenvalue weighted by Crippen LogP contribution is 2.38. The van der Waals surface area contributed by atoms with Gasteiger partial charge in [-0.3, -0.25) is 0 Å². The summed E-state index contributed by atoms with van der Waals surface area (Å²) in [5, 5.41) is 0. The van der Waals surface area contributed by atoms with Crippen LogP contribution in [-0.4, -0.2) is 100 Å². The molecule has 5 unspecified atom stereocenters. The molecule has 2 radical (unpaired) electrons. The van der Waals surface area contributed by atoms with E-state index >= 15 is 0 Å². The topological polar surface area (TPSA) is 92.3 Å². The van der Waals surface area contributed by atoms with Crippen LogP contribution in [0.3, 0.4) is 0 Å². The van der Waals surface area contributed by atoms with E-state index in [1.165, 1.54) is 0 Å².